The number of esters is 1. The Morgan fingerprint density at radius 3 is 2.53 bits per heavy atom. The van der Waals surface area contributed by atoms with Crippen LogP contribution in [0.15, 0.2) is 18.2 Å². The Bertz CT molecular complexity index is 494. The van der Waals surface area contributed by atoms with Crippen LogP contribution in [-0.2, 0) is 19.7 Å². The van der Waals surface area contributed by atoms with Crippen LogP contribution in [0.4, 0.5) is 0 Å². The fourth-order valence-corrected chi connectivity index (χ4v) is 2.10. The maximum atomic E-state index is 11.7. The molecular weight excluding hydrogens is 224 g/mol. The van der Waals surface area contributed by atoms with Gasteiger partial charge in [0.05, 0.1) is 6.61 Å². The van der Waals surface area contributed by atoms with E-state index >= 15 is 0 Å². The Balaban J connectivity index is 2.58. The summed E-state index contributed by atoms with van der Waals surface area (Å²) in [5.41, 5.74) is -0.992. The number of hydrogen-bond acceptors (Lipinski definition) is 5. The molecule has 2 rings (SSSR count). The second kappa shape index (κ2) is 3.76. The van der Waals surface area contributed by atoms with Crippen LogP contribution in [0, 0.1) is 0 Å². The zero-order valence-corrected chi connectivity index (χ0v) is 9.27. The highest BCUT2D eigenvalue weighted by atomic mass is 16.5. The SMILES string of the molecule is CC(=O)C1(c2ccc(O)c(O)c2)CCOC1=O. The van der Waals surface area contributed by atoms with E-state index in [1.807, 2.05) is 0 Å². The molecule has 0 spiro atoms. The minimum absolute atomic E-state index is 0.181. The van der Waals surface area contributed by atoms with Gasteiger partial charge in [0.1, 0.15) is 0 Å². The van der Waals surface area contributed by atoms with E-state index in [1.165, 1.54) is 25.1 Å². The molecule has 1 aromatic carbocycles. The van der Waals surface area contributed by atoms with Gasteiger partial charge in [-0.05, 0) is 24.6 Å². The molecule has 1 saturated heterocycles. The second-order valence-corrected chi connectivity index (χ2v) is 4.05. The van der Waals surface area contributed by atoms with Crippen molar-refractivity contribution in [2.45, 2.75) is 18.8 Å². The zero-order valence-electron chi connectivity index (χ0n) is 9.27. The van der Waals surface area contributed by atoms with Crippen molar-refractivity contribution in [2.24, 2.45) is 0 Å². The Morgan fingerprint density at radius 2 is 2.06 bits per heavy atom. The van der Waals surface area contributed by atoms with Gasteiger partial charge in [-0.25, -0.2) is 0 Å². The molecule has 1 aliphatic heterocycles. The minimum atomic E-state index is -1.34. The van der Waals surface area contributed by atoms with Gasteiger partial charge in [0.25, 0.3) is 0 Å². The van der Waals surface area contributed by atoms with Gasteiger partial charge < -0.3 is 14.9 Å². The Labute approximate surface area is 97.6 Å². The highest BCUT2D eigenvalue weighted by Gasteiger charge is 2.50. The molecule has 1 aliphatic rings. The molecular formula is C12H12O5. The number of ketones is 1. The third-order valence-electron chi connectivity index (χ3n) is 3.13. The van der Waals surface area contributed by atoms with E-state index in [2.05, 4.69) is 0 Å². The second-order valence-electron chi connectivity index (χ2n) is 4.05. The molecule has 1 fully saturated rings. The lowest BCUT2D eigenvalue weighted by atomic mass is 9.76. The van der Waals surface area contributed by atoms with Crippen LogP contribution in [0.5, 0.6) is 11.5 Å². The van der Waals surface area contributed by atoms with Gasteiger partial charge >= 0.3 is 5.97 Å². The summed E-state index contributed by atoms with van der Waals surface area (Å²) in [6.07, 6.45) is 0.255. The highest BCUT2D eigenvalue weighted by molar-refractivity contribution is 6.09. The van der Waals surface area contributed by atoms with Crippen molar-refractivity contribution in [3.63, 3.8) is 0 Å². The molecule has 1 atom stereocenters. The van der Waals surface area contributed by atoms with Crippen molar-refractivity contribution in [3.05, 3.63) is 23.8 Å². The lowest BCUT2D eigenvalue weighted by Crippen LogP contribution is -2.38. The normalized spacial score (nSPS) is 23.5. The fraction of sp³-hybridized carbons (Fsp3) is 0.333. The fourth-order valence-electron chi connectivity index (χ4n) is 2.10. The summed E-state index contributed by atoms with van der Waals surface area (Å²) in [4.78, 5) is 23.5. The average Bonchev–Trinajstić information content (AvgIpc) is 2.65. The number of Topliss-reactive ketones (excluding diaryl/α,β-unsaturated/α-hetero) is 1. The summed E-state index contributed by atoms with van der Waals surface area (Å²) < 4.78 is 4.85. The van der Waals surface area contributed by atoms with E-state index in [9.17, 15) is 19.8 Å². The molecule has 1 aromatic rings. The largest absolute Gasteiger partial charge is 0.504 e. The van der Waals surface area contributed by atoms with Crippen molar-refractivity contribution in [2.75, 3.05) is 6.61 Å². The van der Waals surface area contributed by atoms with Crippen LogP contribution < -0.4 is 0 Å². The van der Waals surface area contributed by atoms with E-state index in [4.69, 9.17) is 4.74 Å². The predicted octanol–water partition coefficient (Wildman–Crippen LogP) is 0.871. The van der Waals surface area contributed by atoms with E-state index < -0.39 is 11.4 Å². The van der Waals surface area contributed by atoms with Crippen LogP contribution in [0.3, 0.4) is 0 Å². The molecule has 1 heterocycles. The first-order valence-electron chi connectivity index (χ1n) is 5.19. The number of phenolic OH excluding ortho intramolecular Hbond substituents is 2. The third kappa shape index (κ3) is 1.54. The van der Waals surface area contributed by atoms with Crippen molar-refractivity contribution >= 4 is 11.8 Å². The summed E-state index contributed by atoms with van der Waals surface area (Å²) in [6.45, 7) is 1.50. The monoisotopic (exact) mass is 236 g/mol. The smallest absolute Gasteiger partial charge is 0.324 e. The average molecular weight is 236 g/mol. The molecule has 0 saturated carbocycles. The molecule has 17 heavy (non-hydrogen) atoms. The first kappa shape index (κ1) is 11.4. The molecule has 2 N–H and O–H groups in total. The van der Waals surface area contributed by atoms with Crippen LogP contribution >= 0.6 is 0 Å². The number of aromatic hydroxyl groups is 2. The van der Waals surface area contributed by atoms with E-state index in [0.717, 1.165) is 0 Å². The molecule has 0 aliphatic carbocycles. The van der Waals surface area contributed by atoms with Crippen LogP contribution in [-0.4, -0.2) is 28.6 Å². The quantitative estimate of drug-likeness (QED) is 0.452. The van der Waals surface area contributed by atoms with E-state index in [0.29, 0.717) is 5.56 Å². The number of carbonyl (C=O) groups is 2. The maximum Gasteiger partial charge on any atom is 0.324 e. The molecule has 0 aromatic heterocycles. The van der Waals surface area contributed by atoms with Gasteiger partial charge in [0, 0.05) is 6.42 Å². The maximum absolute atomic E-state index is 11.7. The van der Waals surface area contributed by atoms with Crippen molar-refractivity contribution < 1.29 is 24.5 Å². The third-order valence-corrected chi connectivity index (χ3v) is 3.13. The summed E-state index contributed by atoms with van der Waals surface area (Å²) >= 11 is 0. The molecule has 5 nitrogen and oxygen atoms in total. The Morgan fingerprint density at radius 1 is 1.35 bits per heavy atom. The van der Waals surface area contributed by atoms with Gasteiger partial charge in [-0.1, -0.05) is 6.07 Å². The standard InChI is InChI=1S/C12H12O5/c1-7(13)12(4-5-17-11(12)16)8-2-3-9(14)10(15)6-8/h2-3,6,14-15H,4-5H2,1H3. The van der Waals surface area contributed by atoms with Gasteiger partial charge in [0.15, 0.2) is 22.7 Å². The minimum Gasteiger partial charge on any atom is -0.504 e. The lowest BCUT2D eigenvalue weighted by Gasteiger charge is -2.22. The number of benzene rings is 1. The number of cyclic esters (lactones) is 1. The highest BCUT2D eigenvalue weighted by Crippen LogP contribution is 2.38. The molecule has 0 amide bonds. The topological polar surface area (TPSA) is 83.8 Å². The number of carbonyl (C=O) groups excluding carboxylic acids is 2. The van der Waals surface area contributed by atoms with Crippen molar-refractivity contribution in [1.82, 2.24) is 0 Å². The van der Waals surface area contributed by atoms with E-state index in [-0.39, 0.29) is 30.3 Å². The number of hydrogen-bond donors (Lipinski definition) is 2. The molecule has 90 valence electrons. The molecule has 0 radical (unpaired) electrons. The van der Waals surface area contributed by atoms with Crippen LogP contribution in [0.1, 0.15) is 18.9 Å². The van der Waals surface area contributed by atoms with Gasteiger partial charge in [0.2, 0.25) is 0 Å². The van der Waals surface area contributed by atoms with Crippen LogP contribution in [0.25, 0.3) is 0 Å². The van der Waals surface area contributed by atoms with Gasteiger partial charge in [-0.2, -0.15) is 0 Å². The first-order chi connectivity index (χ1) is 7.98. The number of phenols is 2. The zero-order chi connectivity index (χ0) is 12.6. The lowest BCUT2D eigenvalue weighted by molar-refractivity contribution is -0.146. The summed E-state index contributed by atoms with van der Waals surface area (Å²) in [7, 11) is 0. The number of rotatable bonds is 2. The Kier molecular flexibility index (Phi) is 2.53. The van der Waals surface area contributed by atoms with Gasteiger partial charge in [-0.3, -0.25) is 9.59 Å². The molecule has 5 heteroatoms. The van der Waals surface area contributed by atoms with Crippen molar-refractivity contribution in [3.8, 4) is 11.5 Å². The molecule has 1 unspecified atom stereocenters. The van der Waals surface area contributed by atoms with Gasteiger partial charge in [-0.15, -0.1) is 0 Å². The number of ether oxygens (including phenoxy) is 1. The summed E-state index contributed by atoms with van der Waals surface area (Å²) in [5, 5.41) is 18.7. The summed E-state index contributed by atoms with van der Waals surface area (Å²) in [5.74, 6) is -1.58. The first-order valence-corrected chi connectivity index (χ1v) is 5.19. The van der Waals surface area contributed by atoms with Crippen molar-refractivity contribution in [1.29, 1.82) is 0 Å². The Hall–Kier alpha value is -2.04. The van der Waals surface area contributed by atoms with Crippen LogP contribution in [0.2, 0.25) is 0 Å². The predicted molar refractivity (Wildman–Crippen MR) is 57.7 cm³/mol. The van der Waals surface area contributed by atoms with E-state index in [1.54, 1.807) is 0 Å². The molecule has 0 bridgehead atoms. The summed E-state index contributed by atoms with van der Waals surface area (Å²) in [6, 6.07) is 3.92.